The lowest BCUT2D eigenvalue weighted by molar-refractivity contribution is -0.122. The number of methoxy groups -OCH3 is 1. The van der Waals surface area contributed by atoms with Gasteiger partial charge in [0.1, 0.15) is 5.69 Å². The van der Waals surface area contributed by atoms with Crippen molar-refractivity contribution in [2.45, 2.75) is 39.7 Å². The highest BCUT2D eigenvalue weighted by atomic mass is 79.9. The van der Waals surface area contributed by atoms with Crippen LogP contribution in [0.15, 0.2) is 28.7 Å². The van der Waals surface area contributed by atoms with Crippen molar-refractivity contribution >= 4 is 33.7 Å². The third-order valence-electron chi connectivity index (χ3n) is 5.80. The summed E-state index contributed by atoms with van der Waals surface area (Å²) in [4.78, 5) is 42.1. The van der Waals surface area contributed by atoms with E-state index in [4.69, 9.17) is 4.74 Å². The van der Waals surface area contributed by atoms with Gasteiger partial charge in [-0.05, 0) is 55.9 Å². The number of piperidine rings is 1. The third kappa shape index (κ3) is 5.55. The van der Waals surface area contributed by atoms with Crippen LogP contribution < -0.4 is 5.32 Å². The van der Waals surface area contributed by atoms with Gasteiger partial charge in [-0.2, -0.15) is 0 Å². The number of benzene rings is 1. The average Bonchev–Trinajstić information content (AvgIpc) is 3.05. The number of amides is 2. The Kier molecular flexibility index (Phi) is 7.54. The number of carbonyl (C=O) groups excluding carboxylic acids is 3. The molecule has 2 amide bonds. The van der Waals surface area contributed by atoms with E-state index in [0.717, 1.165) is 22.9 Å². The van der Waals surface area contributed by atoms with Gasteiger partial charge in [-0.3, -0.25) is 9.59 Å². The number of aromatic amines is 1. The summed E-state index contributed by atoms with van der Waals surface area (Å²) in [6, 6.07) is 7.86. The van der Waals surface area contributed by atoms with E-state index in [2.05, 4.69) is 26.2 Å². The SMILES string of the molecule is COC(=O)c1c(C)[nH]c(C(=O)N2CCC(CC(=O)NCc3cccc(Br)c3)CC2)c1C. The van der Waals surface area contributed by atoms with Gasteiger partial charge in [0, 0.05) is 36.2 Å². The van der Waals surface area contributed by atoms with E-state index in [1.165, 1.54) is 7.11 Å². The molecule has 1 aliphatic heterocycles. The molecule has 1 aromatic heterocycles. The quantitative estimate of drug-likeness (QED) is 0.604. The molecule has 166 valence electrons. The Bertz CT molecular complexity index is 977. The Morgan fingerprint density at radius 2 is 1.94 bits per heavy atom. The minimum absolute atomic E-state index is 0.0308. The third-order valence-corrected chi connectivity index (χ3v) is 6.29. The lowest BCUT2D eigenvalue weighted by atomic mass is 9.93. The van der Waals surface area contributed by atoms with Gasteiger partial charge in [0.05, 0.1) is 12.7 Å². The van der Waals surface area contributed by atoms with Crippen molar-refractivity contribution < 1.29 is 19.1 Å². The number of hydrogen-bond acceptors (Lipinski definition) is 4. The second-order valence-electron chi connectivity index (χ2n) is 7.96. The first-order chi connectivity index (χ1) is 14.8. The van der Waals surface area contributed by atoms with Gasteiger partial charge in [-0.1, -0.05) is 28.1 Å². The Labute approximate surface area is 190 Å². The molecule has 2 aromatic rings. The van der Waals surface area contributed by atoms with Crippen LogP contribution in [-0.4, -0.2) is 47.9 Å². The standard InChI is InChI=1S/C23H28BrN3O4/c1-14-20(23(30)31-3)15(2)26-21(14)22(29)27-9-7-16(8-10-27)12-19(28)25-13-17-5-4-6-18(24)11-17/h4-6,11,16,26H,7-10,12-13H2,1-3H3,(H,25,28). The van der Waals surface area contributed by atoms with Crippen LogP contribution in [0.4, 0.5) is 0 Å². The van der Waals surface area contributed by atoms with E-state index in [1.807, 2.05) is 24.3 Å². The van der Waals surface area contributed by atoms with E-state index in [0.29, 0.717) is 48.6 Å². The number of nitrogens with one attached hydrogen (secondary N) is 2. The molecule has 0 radical (unpaired) electrons. The first-order valence-corrected chi connectivity index (χ1v) is 11.2. The predicted octanol–water partition coefficient (Wildman–Crippen LogP) is 3.74. The smallest absolute Gasteiger partial charge is 0.339 e. The van der Waals surface area contributed by atoms with Crippen LogP contribution in [0.1, 0.15) is 56.9 Å². The molecule has 1 aromatic carbocycles. The van der Waals surface area contributed by atoms with Gasteiger partial charge in [0.15, 0.2) is 0 Å². The Hall–Kier alpha value is -2.61. The molecule has 8 heteroatoms. The highest BCUT2D eigenvalue weighted by molar-refractivity contribution is 9.10. The molecule has 0 atom stereocenters. The molecule has 1 fully saturated rings. The predicted molar refractivity (Wildman–Crippen MR) is 121 cm³/mol. The molecule has 7 nitrogen and oxygen atoms in total. The van der Waals surface area contributed by atoms with Gasteiger partial charge in [-0.15, -0.1) is 0 Å². The molecule has 0 unspecified atom stereocenters. The molecule has 2 heterocycles. The van der Waals surface area contributed by atoms with Crippen LogP contribution in [0.3, 0.4) is 0 Å². The fourth-order valence-corrected chi connectivity index (χ4v) is 4.50. The molecule has 1 aliphatic rings. The minimum atomic E-state index is -0.446. The Morgan fingerprint density at radius 1 is 1.23 bits per heavy atom. The number of rotatable bonds is 6. The summed E-state index contributed by atoms with van der Waals surface area (Å²) < 4.78 is 5.81. The van der Waals surface area contributed by atoms with Crippen LogP contribution in [0.5, 0.6) is 0 Å². The van der Waals surface area contributed by atoms with Crippen molar-refractivity contribution in [1.29, 1.82) is 0 Å². The maximum absolute atomic E-state index is 13.0. The summed E-state index contributed by atoms with van der Waals surface area (Å²) in [5.41, 5.74) is 3.14. The highest BCUT2D eigenvalue weighted by Crippen LogP contribution is 2.25. The largest absolute Gasteiger partial charge is 0.465 e. The topological polar surface area (TPSA) is 91.5 Å². The van der Waals surface area contributed by atoms with Gasteiger partial charge in [0.2, 0.25) is 5.91 Å². The molecule has 0 bridgehead atoms. The molecule has 31 heavy (non-hydrogen) atoms. The zero-order chi connectivity index (χ0) is 22.5. The molecule has 0 spiro atoms. The van der Waals surface area contributed by atoms with E-state index < -0.39 is 5.97 Å². The number of likely N-dealkylation sites (tertiary alicyclic amines) is 1. The maximum Gasteiger partial charge on any atom is 0.339 e. The summed E-state index contributed by atoms with van der Waals surface area (Å²) in [6.45, 7) is 5.20. The summed E-state index contributed by atoms with van der Waals surface area (Å²) in [5, 5.41) is 2.98. The molecule has 0 saturated carbocycles. The zero-order valence-corrected chi connectivity index (χ0v) is 19.7. The van der Waals surface area contributed by atoms with Crippen molar-refractivity contribution in [2.75, 3.05) is 20.2 Å². The van der Waals surface area contributed by atoms with Gasteiger partial charge >= 0.3 is 5.97 Å². The Balaban J connectivity index is 1.51. The summed E-state index contributed by atoms with van der Waals surface area (Å²) in [5.74, 6) is -0.279. The van der Waals surface area contributed by atoms with E-state index in [9.17, 15) is 14.4 Å². The fraction of sp³-hybridized carbons (Fsp3) is 0.435. The molecule has 0 aliphatic carbocycles. The summed E-state index contributed by atoms with van der Waals surface area (Å²) in [6.07, 6.45) is 2.01. The number of esters is 1. The Morgan fingerprint density at radius 3 is 2.58 bits per heavy atom. The fourth-order valence-electron chi connectivity index (χ4n) is 4.05. The van der Waals surface area contributed by atoms with Crippen molar-refractivity contribution in [1.82, 2.24) is 15.2 Å². The number of aryl methyl sites for hydroxylation is 1. The van der Waals surface area contributed by atoms with Crippen molar-refractivity contribution in [2.24, 2.45) is 5.92 Å². The van der Waals surface area contributed by atoms with Crippen LogP contribution >= 0.6 is 15.9 Å². The monoisotopic (exact) mass is 489 g/mol. The van der Waals surface area contributed by atoms with Crippen LogP contribution in [0, 0.1) is 19.8 Å². The van der Waals surface area contributed by atoms with Gasteiger partial charge in [-0.25, -0.2) is 4.79 Å². The lowest BCUT2D eigenvalue weighted by Gasteiger charge is -2.31. The van der Waals surface area contributed by atoms with Gasteiger partial charge < -0.3 is 19.9 Å². The number of aromatic nitrogens is 1. The van der Waals surface area contributed by atoms with Crippen molar-refractivity contribution in [3.05, 3.63) is 56.8 Å². The van der Waals surface area contributed by atoms with E-state index >= 15 is 0 Å². The van der Waals surface area contributed by atoms with Crippen LogP contribution in [-0.2, 0) is 16.1 Å². The van der Waals surface area contributed by atoms with E-state index in [1.54, 1.807) is 18.7 Å². The summed E-state index contributed by atoms with van der Waals surface area (Å²) in [7, 11) is 1.33. The molecule has 3 rings (SSSR count). The van der Waals surface area contributed by atoms with Gasteiger partial charge in [0.25, 0.3) is 5.91 Å². The molecule has 2 N–H and O–H groups in total. The number of carbonyl (C=O) groups is 3. The zero-order valence-electron chi connectivity index (χ0n) is 18.1. The number of hydrogen-bond donors (Lipinski definition) is 2. The second-order valence-corrected chi connectivity index (χ2v) is 8.88. The van der Waals surface area contributed by atoms with Crippen molar-refractivity contribution in [3.63, 3.8) is 0 Å². The normalized spacial score (nSPS) is 14.4. The average molecular weight is 490 g/mol. The van der Waals surface area contributed by atoms with Crippen molar-refractivity contribution in [3.8, 4) is 0 Å². The number of nitrogens with zero attached hydrogens (tertiary/aromatic N) is 1. The van der Waals surface area contributed by atoms with E-state index in [-0.39, 0.29) is 17.7 Å². The number of ether oxygens (including phenoxy) is 1. The summed E-state index contributed by atoms with van der Waals surface area (Å²) >= 11 is 3.43. The van der Waals surface area contributed by atoms with Crippen LogP contribution in [0.2, 0.25) is 0 Å². The number of halogens is 1. The second kappa shape index (κ2) is 10.1. The number of H-pyrrole nitrogens is 1. The first kappa shape index (κ1) is 23.1. The minimum Gasteiger partial charge on any atom is -0.465 e. The molecule has 1 saturated heterocycles. The highest BCUT2D eigenvalue weighted by Gasteiger charge is 2.29. The van der Waals surface area contributed by atoms with Crippen LogP contribution in [0.25, 0.3) is 0 Å². The lowest BCUT2D eigenvalue weighted by Crippen LogP contribution is -2.40. The first-order valence-electron chi connectivity index (χ1n) is 10.4. The molecular formula is C23H28BrN3O4. The maximum atomic E-state index is 13.0. The molecular weight excluding hydrogens is 462 g/mol.